The highest BCUT2D eigenvalue weighted by Crippen LogP contribution is 2.15. The number of benzene rings is 1. The third-order valence-corrected chi connectivity index (χ3v) is 2.59. The molecule has 12 heavy (non-hydrogen) atoms. The van der Waals surface area contributed by atoms with Gasteiger partial charge >= 0.3 is 0 Å². The predicted molar refractivity (Wildman–Crippen MR) is 57.3 cm³/mol. The van der Waals surface area contributed by atoms with Gasteiger partial charge in [0.15, 0.2) is 0 Å². The molecule has 0 aliphatic rings. The number of fused-ring (bicyclic) bond motifs is 1. The molecule has 1 aromatic heterocycles. The van der Waals surface area contributed by atoms with Crippen molar-refractivity contribution >= 4 is 33.5 Å². The van der Waals surface area contributed by atoms with Crippen LogP contribution in [-0.2, 0) is 0 Å². The number of halogens is 1. The Labute approximate surface area is 82.8 Å². The molecule has 0 aliphatic heterocycles. The molecule has 0 bridgehead atoms. The van der Waals surface area contributed by atoms with Crippen molar-refractivity contribution in [2.75, 3.05) is 0 Å². The van der Waals surface area contributed by atoms with Crippen molar-refractivity contribution in [1.29, 1.82) is 0 Å². The highest BCUT2D eigenvalue weighted by atomic mass is 127. The molecule has 2 rings (SSSR count). The molecule has 0 unspecified atom stereocenters. The predicted octanol–water partition coefficient (Wildman–Crippen LogP) is 2.13. The van der Waals surface area contributed by atoms with Gasteiger partial charge in [0.05, 0.1) is 0 Å². The smallest absolute Gasteiger partial charge is 0.249 e. The second kappa shape index (κ2) is 2.90. The Balaban J connectivity index is 2.99. The monoisotopic (exact) mass is 271 g/mol. The van der Waals surface area contributed by atoms with Crippen LogP contribution in [0, 0.1) is 3.57 Å². The molecule has 1 heterocycles. The fourth-order valence-corrected chi connectivity index (χ4v) is 1.92. The molecule has 0 saturated carbocycles. The molecule has 3 heteroatoms. The van der Waals surface area contributed by atoms with E-state index in [2.05, 4.69) is 27.6 Å². The van der Waals surface area contributed by atoms with E-state index in [0.29, 0.717) is 0 Å². The summed E-state index contributed by atoms with van der Waals surface area (Å²) in [7, 11) is 0. The first-order valence-corrected chi connectivity index (χ1v) is 4.63. The van der Waals surface area contributed by atoms with Crippen LogP contribution in [0.25, 0.3) is 10.9 Å². The number of nitrogens with one attached hydrogen (secondary N) is 1. The topological polar surface area (TPSA) is 32.9 Å². The highest BCUT2D eigenvalue weighted by Gasteiger charge is 1.97. The molecular weight excluding hydrogens is 265 g/mol. The Bertz CT molecular complexity index is 475. The largest absolute Gasteiger partial charge is 0.322 e. The standard InChI is InChI=1S/C9H6INO/c10-7-5-9(12)11-8-4-2-1-3-6(7)8/h1-5H,(H,11,12). The van der Waals surface area contributed by atoms with Crippen LogP contribution in [0.1, 0.15) is 0 Å². The van der Waals surface area contributed by atoms with Crippen molar-refractivity contribution in [3.63, 3.8) is 0 Å². The van der Waals surface area contributed by atoms with Gasteiger partial charge < -0.3 is 4.98 Å². The van der Waals surface area contributed by atoms with Crippen molar-refractivity contribution in [2.24, 2.45) is 0 Å². The molecule has 0 amide bonds. The van der Waals surface area contributed by atoms with Crippen LogP contribution >= 0.6 is 22.6 Å². The van der Waals surface area contributed by atoms with Crippen LogP contribution in [-0.4, -0.2) is 4.98 Å². The van der Waals surface area contributed by atoms with Gasteiger partial charge in [-0.15, -0.1) is 0 Å². The van der Waals surface area contributed by atoms with E-state index in [9.17, 15) is 4.79 Å². The summed E-state index contributed by atoms with van der Waals surface area (Å²) in [6.07, 6.45) is 0. The molecule has 0 fully saturated rings. The van der Waals surface area contributed by atoms with E-state index in [0.717, 1.165) is 14.5 Å². The third kappa shape index (κ3) is 1.24. The van der Waals surface area contributed by atoms with Crippen LogP contribution < -0.4 is 5.56 Å². The average Bonchev–Trinajstić information content (AvgIpc) is 2.04. The van der Waals surface area contributed by atoms with Gasteiger partial charge in [-0.3, -0.25) is 4.79 Å². The summed E-state index contributed by atoms with van der Waals surface area (Å²) in [5.74, 6) is 0. The Morgan fingerprint density at radius 2 is 2.00 bits per heavy atom. The minimum absolute atomic E-state index is 0.0434. The summed E-state index contributed by atoms with van der Waals surface area (Å²) in [6.45, 7) is 0. The van der Waals surface area contributed by atoms with Gasteiger partial charge in [-0.25, -0.2) is 0 Å². The minimum Gasteiger partial charge on any atom is -0.322 e. The van der Waals surface area contributed by atoms with Crippen molar-refractivity contribution in [3.05, 3.63) is 44.3 Å². The lowest BCUT2D eigenvalue weighted by atomic mass is 10.2. The Kier molecular flexibility index (Phi) is 1.88. The summed E-state index contributed by atoms with van der Waals surface area (Å²) >= 11 is 2.16. The number of para-hydroxylation sites is 1. The summed E-state index contributed by atoms with van der Waals surface area (Å²) in [4.78, 5) is 13.8. The molecule has 1 N–H and O–H groups in total. The first-order chi connectivity index (χ1) is 5.77. The summed E-state index contributed by atoms with van der Waals surface area (Å²) < 4.78 is 0.993. The lowest BCUT2D eigenvalue weighted by molar-refractivity contribution is 1.30. The van der Waals surface area contributed by atoms with Gasteiger partial charge in [-0.05, 0) is 28.7 Å². The van der Waals surface area contributed by atoms with E-state index in [4.69, 9.17) is 0 Å². The van der Waals surface area contributed by atoms with E-state index < -0.39 is 0 Å². The number of pyridine rings is 1. The van der Waals surface area contributed by atoms with Crippen LogP contribution in [0.15, 0.2) is 35.1 Å². The van der Waals surface area contributed by atoms with Crippen molar-refractivity contribution in [3.8, 4) is 0 Å². The molecular formula is C9H6INO. The second-order valence-electron chi connectivity index (χ2n) is 2.53. The van der Waals surface area contributed by atoms with Gasteiger partial charge in [-0.1, -0.05) is 18.2 Å². The van der Waals surface area contributed by atoms with E-state index in [1.165, 1.54) is 0 Å². The van der Waals surface area contributed by atoms with Gasteiger partial charge in [0.25, 0.3) is 0 Å². The molecule has 0 atom stereocenters. The first-order valence-electron chi connectivity index (χ1n) is 3.55. The maximum absolute atomic E-state index is 11.0. The van der Waals surface area contributed by atoms with E-state index in [-0.39, 0.29) is 5.56 Å². The Hall–Kier alpha value is -0.840. The Morgan fingerprint density at radius 3 is 2.83 bits per heavy atom. The van der Waals surface area contributed by atoms with Crippen molar-refractivity contribution in [2.45, 2.75) is 0 Å². The van der Waals surface area contributed by atoms with Gasteiger partial charge in [0, 0.05) is 20.5 Å². The molecule has 1 aromatic carbocycles. The number of aromatic nitrogens is 1. The quantitative estimate of drug-likeness (QED) is 0.731. The molecule has 0 spiro atoms. The van der Waals surface area contributed by atoms with Crippen LogP contribution in [0.2, 0.25) is 0 Å². The van der Waals surface area contributed by atoms with Crippen LogP contribution in [0.3, 0.4) is 0 Å². The molecule has 0 saturated heterocycles. The zero-order chi connectivity index (χ0) is 8.55. The van der Waals surface area contributed by atoms with E-state index >= 15 is 0 Å². The SMILES string of the molecule is O=c1cc(I)c2ccccc2[nH]1. The number of hydrogen-bond acceptors (Lipinski definition) is 1. The molecule has 60 valence electrons. The number of H-pyrrole nitrogens is 1. The average molecular weight is 271 g/mol. The van der Waals surface area contributed by atoms with Gasteiger partial charge in [-0.2, -0.15) is 0 Å². The van der Waals surface area contributed by atoms with E-state index in [1.807, 2.05) is 24.3 Å². The molecule has 0 aliphatic carbocycles. The van der Waals surface area contributed by atoms with Crippen LogP contribution in [0.4, 0.5) is 0 Å². The molecule has 0 radical (unpaired) electrons. The lowest BCUT2D eigenvalue weighted by Crippen LogP contribution is -2.04. The van der Waals surface area contributed by atoms with Gasteiger partial charge in [0.2, 0.25) is 5.56 Å². The zero-order valence-corrected chi connectivity index (χ0v) is 8.33. The number of hydrogen-bond donors (Lipinski definition) is 1. The number of rotatable bonds is 0. The third-order valence-electron chi connectivity index (χ3n) is 1.70. The fourth-order valence-electron chi connectivity index (χ4n) is 1.16. The van der Waals surface area contributed by atoms with Crippen molar-refractivity contribution < 1.29 is 0 Å². The first kappa shape index (κ1) is 7.79. The van der Waals surface area contributed by atoms with Gasteiger partial charge in [0.1, 0.15) is 0 Å². The zero-order valence-electron chi connectivity index (χ0n) is 6.17. The summed E-state index contributed by atoms with van der Waals surface area (Å²) in [5, 5.41) is 1.10. The Morgan fingerprint density at radius 1 is 1.25 bits per heavy atom. The lowest BCUT2D eigenvalue weighted by Gasteiger charge is -1.97. The van der Waals surface area contributed by atoms with Crippen molar-refractivity contribution in [1.82, 2.24) is 4.98 Å². The number of aromatic amines is 1. The minimum atomic E-state index is -0.0434. The maximum atomic E-state index is 11.0. The summed E-state index contributed by atoms with van der Waals surface area (Å²) in [6, 6.07) is 9.37. The second-order valence-corrected chi connectivity index (χ2v) is 3.69. The maximum Gasteiger partial charge on any atom is 0.249 e. The fraction of sp³-hybridized carbons (Fsp3) is 0. The molecule has 2 nitrogen and oxygen atoms in total. The van der Waals surface area contributed by atoms with E-state index in [1.54, 1.807) is 6.07 Å². The summed E-state index contributed by atoms with van der Waals surface area (Å²) in [5.41, 5.74) is 0.854. The normalized spacial score (nSPS) is 10.4. The highest BCUT2D eigenvalue weighted by molar-refractivity contribution is 14.1. The van der Waals surface area contributed by atoms with Crippen LogP contribution in [0.5, 0.6) is 0 Å². The molecule has 2 aromatic rings.